The van der Waals surface area contributed by atoms with Crippen LogP contribution < -0.4 is 21.9 Å². The highest BCUT2D eigenvalue weighted by atomic mass is 19.1. The minimum atomic E-state index is -0.792. The lowest BCUT2D eigenvalue weighted by molar-refractivity contribution is 0.617. The van der Waals surface area contributed by atoms with Gasteiger partial charge in [0.2, 0.25) is 5.95 Å². The van der Waals surface area contributed by atoms with Gasteiger partial charge >= 0.3 is 0 Å². The summed E-state index contributed by atoms with van der Waals surface area (Å²) in [4.78, 5) is 31.7. The third-order valence-electron chi connectivity index (χ3n) is 5.69. The van der Waals surface area contributed by atoms with Crippen molar-refractivity contribution in [2.75, 3.05) is 16.4 Å². The van der Waals surface area contributed by atoms with Gasteiger partial charge in [0.15, 0.2) is 5.82 Å². The smallest absolute Gasteiger partial charge is 0.266 e. The number of hydrogen-bond donors (Lipinski definition) is 2. The Balaban J connectivity index is 1.79. The lowest BCUT2D eigenvalue weighted by atomic mass is 10.1. The Morgan fingerprint density at radius 1 is 1.06 bits per heavy atom. The quantitative estimate of drug-likeness (QED) is 0.424. The Morgan fingerprint density at radius 3 is 2.50 bits per heavy atom. The summed E-state index contributed by atoms with van der Waals surface area (Å²) in [6.07, 6.45) is 3.73. The zero-order valence-corrected chi connectivity index (χ0v) is 18.5. The molecule has 5 rings (SSSR count). The van der Waals surface area contributed by atoms with E-state index in [2.05, 4.69) is 19.9 Å². The molecule has 178 valence electrons. The number of nitrogens with two attached hydrogens (primary N) is 2. The summed E-state index contributed by atoms with van der Waals surface area (Å²) in [6.45, 7) is -0.0980. The molecule has 0 saturated heterocycles. The Bertz CT molecular complexity index is 1680. The molecule has 1 aromatic carbocycles. The van der Waals surface area contributed by atoms with Crippen LogP contribution in [0.4, 0.5) is 26.4 Å². The van der Waals surface area contributed by atoms with Gasteiger partial charge < -0.3 is 16.4 Å². The number of pyridine rings is 1. The summed E-state index contributed by atoms with van der Waals surface area (Å²) >= 11 is 0. The molecule has 0 radical (unpaired) electrons. The predicted octanol–water partition coefficient (Wildman–Crippen LogP) is 1.93. The SMILES string of the molecule is N#Cc1c(N)nc(N)nc1N(Cc1nc2c(C#N)cc(F)cc2c(=O)n1-c1cncc(F)c1)C1CC1. The predicted molar refractivity (Wildman–Crippen MR) is 125 cm³/mol. The van der Waals surface area contributed by atoms with E-state index < -0.39 is 17.2 Å². The first-order valence-corrected chi connectivity index (χ1v) is 10.7. The summed E-state index contributed by atoms with van der Waals surface area (Å²) in [5.74, 6) is -1.51. The zero-order valence-electron chi connectivity index (χ0n) is 18.5. The second kappa shape index (κ2) is 8.56. The van der Waals surface area contributed by atoms with Gasteiger partial charge in [0.05, 0.1) is 41.1 Å². The van der Waals surface area contributed by atoms with E-state index >= 15 is 0 Å². The Labute approximate surface area is 201 Å². The van der Waals surface area contributed by atoms with E-state index in [4.69, 9.17) is 11.5 Å². The Kier molecular flexibility index (Phi) is 5.37. The van der Waals surface area contributed by atoms with Crippen LogP contribution in [0, 0.1) is 34.3 Å². The summed E-state index contributed by atoms with van der Waals surface area (Å²) in [7, 11) is 0. The highest BCUT2D eigenvalue weighted by molar-refractivity contribution is 5.84. The third kappa shape index (κ3) is 3.88. The van der Waals surface area contributed by atoms with E-state index in [1.807, 2.05) is 12.1 Å². The molecule has 36 heavy (non-hydrogen) atoms. The molecule has 1 saturated carbocycles. The number of fused-ring (bicyclic) bond motifs is 1. The topological polar surface area (TPSA) is 176 Å². The molecule has 0 bridgehead atoms. The van der Waals surface area contributed by atoms with E-state index in [0.29, 0.717) is 0 Å². The molecule has 0 aliphatic heterocycles. The Hall–Kier alpha value is -5.17. The summed E-state index contributed by atoms with van der Waals surface area (Å²) in [6, 6.07) is 6.78. The van der Waals surface area contributed by atoms with Crippen molar-refractivity contribution in [2.24, 2.45) is 0 Å². The number of nitrogens with zero attached hydrogens (tertiary/aromatic N) is 8. The first-order valence-electron chi connectivity index (χ1n) is 10.7. The largest absolute Gasteiger partial charge is 0.382 e. The number of benzene rings is 1. The van der Waals surface area contributed by atoms with Crippen molar-refractivity contribution in [2.45, 2.75) is 25.4 Å². The van der Waals surface area contributed by atoms with E-state index in [9.17, 15) is 24.1 Å². The fourth-order valence-corrected chi connectivity index (χ4v) is 3.99. The minimum absolute atomic E-state index is 0.00186. The first kappa shape index (κ1) is 22.6. The first-order chi connectivity index (χ1) is 17.3. The summed E-state index contributed by atoms with van der Waals surface area (Å²) in [5, 5.41) is 19.1. The molecule has 11 nitrogen and oxygen atoms in total. The average Bonchev–Trinajstić information content (AvgIpc) is 3.67. The molecule has 0 atom stereocenters. The number of halogens is 2. The second-order valence-electron chi connectivity index (χ2n) is 8.13. The molecular weight excluding hydrogens is 470 g/mol. The maximum Gasteiger partial charge on any atom is 0.266 e. The van der Waals surface area contributed by atoms with Gasteiger partial charge in [-0.2, -0.15) is 20.5 Å². The van der Waals surface area contributed by atoms with Gasteiger partial charge in [-0.3, -0.25) is 14.3 Å². The number of aromatic nitrogens is 5. The normalized spacial score (nSPS) is 12.8. The molecule has 1 aliphatic carbocycles. The van der Waals surface area contributed by atoms with Gasteiger partial charge in [0, 0.05) is 12.1 Å². The maximum atomic E-state index is 14.2. The highest BCUT2D eigenvalue weighted by Crippen LogP contribution is 2.35. The van der Waals surface area contributed by atoms with Gasteiger partial charge in [0.25, 0.3) is 5.56 Å². The van der Waals surface area contributed by atoms with Crippen LogP contribution in [0.2, 0.25) is 0 Å². The van der Waals surface area contributed by atoms with Crippen molar-refractivity contribution in [1.29, 1.82) is 10.5 Å². The zero-order chi connectivity index (χ0) is 25.6. The molecular formula is C23H16F2N10O. The highest BCUT2D eigenvalue weighted by Gasteiger charge is 2.34. The van der Waals surface area contributed by atoms with Crippen LogP contribution in [0.1, 0.15) is 29.8 Å². The van der Waals surface area contributed by atoms with Crippen molar-refractivity contribution in [3.05, 3.63) is 69.5 Å². The van der Waals surface area contributed by atoms with Crippen molar-refractivity contribution in [3.8, 4) is 17.8 Å². The van der Waals surface area contributed by atoms with Gasteiger partial charge in [-0.25, -0.2) is 13.8 Å². The van der Waals surface area contributed by atoms with Gasteiger partial charge in [-0.15, -0.1) is 0 Å². The van der Waals surface area contributed by atoms with Gasteiger partial charge in [-0.1, -0.05) is 0 Å². The minimum Gasteiger partial charge on any atom is -0.382 e. The van der Waals surface area contributed by atoms with Crippen LogP contribution in [0.5, 0.6) is 0 Å². The molecule has 3 aromatic heterocycles. The van der Waals surface area contributed by atoms with Crippen molar-refractivity contribution < 1.29 is 8.78 Å². The number of rotatable bonds is 5. The molecule has 4 aromatic rings. The van der Waals surface area contributed by atoms with Crippen LogP contribution in [-0.2, 0) is 6.54 Å². The number of nitrogen functional groups attached to an aromatic ring is 2. The van der Waals surface area contributed by atoms with Gasteiger partial charge in [-0.05, 0) is 25.0 Å². The maximum absolute atomic E-state index is 14.2. The molecule has 4 N–H and O–H groups in total. The van der Waals surface area contributed by atoms with Crippen molar-refractivity contribution in [3.63, 3.8) is 0 Å². The van der Waals surface area contributed by atoms with E-state index in [1.165, 1.54) is 6.20 Å². The van der Waals surface area contributed by atoms with E-state index in [0.717, 1.165) is 41.8 Å². The molecule has 3 heterocycles. The third-order valence-corrected chi connectivity index (χ3v) is 5.69. The fourth-order valence-electron chi connectivity index (χ4n) is 3.99. The van der Waals surface area contributed by atoms with Crippen molar-refractivity contribution >= 4 is 28.5 Å². The van der Waals surface area contributed by atoms with E-state index in [1.54, 1.807) is 4.90 Å². The number of nitriles is 2. The fraction of sp³-hybridized carbons (Fsp3) is 0.174. The molecule has 0 unspecified atom stereocenters. The molecule has 0 amide bonds. The lowest BCUT2D eigenvalue weighted by Crippen LogP contribution is -2.33. The standard InChI is InChI=1S/C23H16F2N10O/c24-12-3-11(6-26)19-16(5-12)22(36)35(15-4-13(25)8-30-9-15)18(31-19)10-34(14-1-2-14)21-17(7-27)20(28)32-23(29)33-21/h3-5,8-9,14H,1-2,10H2,(H4,28,29,32,33). The van der Waals surface area contributed by atoms with Crippen LogP contribution in [0.15, 0.2) is 35.4 Å². The molecule has 1 fully saturated rings. The number of anilines is 3. The average molecular weight is 486 g/mol. The van der Waals surface area contributed by atoms with Gasteiger partial charge in [0.1, 0.15) is 41.0 Å². The molecule has 13 heteroatoms. The lowest BCUT2D eigenvalue weighted by Gasteiger charge is -2.26. The summed E-state index contributed by atoms with van der Waals surface area (Å²) in [5.41, 5.74) is 10.9. The van der Waals surface area contributed by atoms with Crippen LogP contribution in [0.3, 0.4) is 0 Å². The molecule has 1 aliphatic rings. The van der Waals surface area contributed by atoms with E-state index in [-0.39, 0.29) is 63.7 Å². The number of hydrogen-bond acceptors (Lipinski definition) is 10. The summed E-state index contributed by atoms with van der Waals surface area (Å²) < 4.78 is 29.4. The monoisotopic (exact) mass is 486 g/mol. The molecule has 0 spiro atoms. The van der Waals surface area contributed by atoms with Crippen molar-refractivity contribution in [1.82, 2.24) is 24.5 Å². The Morgan fingerprint density at radius 2 is 1.83 bits per heavy atom. The van der Waals surface area contributed by atoms with Crippen LogP contribution >= 0.6 is 0 Å². The van der Waals surface area contributed by atoms with Crippen LogP contribution in [0.25, 0.3) is 16.6 Å². The van der Waals surface area contributed by atoms with Crippen LogP contribution in [-0.4, -0.2) is 30.5 Å². The second-order valence-corrected chi connectivity index (χ2v) is 8.13.